The lowest BCUT2D eigenvalue weighted by Crippen LogP contribution is -2.43. The van der Waals surface area contributed by atoms with E-state index in [2.05, 4.69) is 92.4 Å². The fourth-order valence-electron chi connectivity index (χ4n) is 5.20. The number of aromatic amines is 1. The predicted molar refractivity (Wildman–Crippen MR) is 160 cm³/mol. The molecule has 0 aliphatic heterocycles. The molecule has 0 bridgehead atoms. The first-order chi connectivity index (χ1) is 18.0. The monoisotopic (exact) mass is 532 g/mol. The number of benzene rings is 2. The van der Waals surface area contributed by atoms with Crippen molar-refractivity contribution in [3.05, 3.63) is 77.0 Å². The van der Waals surface area contributed by atoms with Crippen molar-refractivity contribution in [3.8, 4) is 0 Å². The van der Waals surface area contributed by atoms with Crippen molar-refractivity contribution in [2.45, 2.75) is 71.1 Å². The molecule has 3 aromatic rings. The summed E-state index contributed by atoms with van der Waals surface area (Å²) in [5, 5.41) is 1.52. The van der Waals surface area contributed by atoms with Crippen LogP contribution in [0.25, 0.3) is 16.5 Å². The molecule has 0 spiro atoms. The number of nitrogens with zero attached hydrogens (tertiary/aromatic N) is 1. The number of rotatable bonds is 10. The fraction of sp³-hybridized carbons (Fsp3) is 0.469. The van der Waals surface area contributed by atoms with Gasteiger partial charge in [-0.3, -0.25) is 4.90 Å². The standard InChI is InChI=1S/C32H44N2O3Si/c1-23(20-31(35)36-5)24-12-14-28-25(21-24)13-15-30(28)34(18-19-37-38(6,7)32(2,3)4)17-16-26-22-33-29-11-9-8-10-27(26)29/h8-12,14,20-22,30,33H,13,15-19H2,1-7H3. The van der Waals surface area contributed by atoms with Crippen LogP contribution in [0.2, 0.25) is 18.1 Å². The van der Waals surface area contributed by atoms with Crippen LogP contribution < -0.4 is 0 Å². The molecule has 1 aliphatic carbocycles. The molecule has 0 amide bonds. The van der Waals surface area contributed by atoms with E-state index in [1.54, 1.807) is 6.08 Å². The van der Waals surface area contributed by atoms with Crippen LogP contribution in [0.15, 0.2) is 54.7 Å². The number of methoxy groups -OCH3 is 1. The average molecular weight is 533 g/mol. The zero-order chi connectivity index (χ0) is 27.5. The second-order valence-corrected chi connectivity index (χ2v) is 16.9. The van der Waals surface area contributed by atoms with Crippen LogP contribution in [0.4, 0.5) is 0 Å². The molecule has 2 aromatic carbocycles. The van der Waals surface area contributed by atoms with Crippen molar-refractivity contribution in [2.24, 2.45) is 0 Å². The normalized spacial score (nSPS) is 16.3. The lowest BCUT2D eigenvalue weighted by molar-refractivity contribution is -0.134. The zero-order valence-electron chi connectivity index (χ0n) is 24.2. The first-order valence-corrected chi connectivity index (χ1v) is 16.7. The second kappa shape index (κ2) is 11.6. The summed E-state index contributed by atoms with van der Waals surface area (Å²) in [6.07, 6.45) is 6.88. The van der Waals surface area contributed by atoms with Gasteiger partial charge in [-0.25, -0.2) is 4.79 Å². The Kier molecular flexibility index (Phi) is 8.65. The maximum absolute atomic E-state index is 11.7. The predicted octanol–water partition coefficient (Wildman–Crippen LogP) is 7.30. The topological polar surface area (TPSA) is 54.6 Å². The largest absolute Gasteiger partial charge is 0.466 e. The van der Waals surface area contributed by atoms with Gasteiger partial charge >= 0.3 is 5.97 Å². The van der Waals surface area contributed by atoms with E-state index in [0.717, 1.165) is 50.1 Å². The molecular formula is C32H44N2O3Si. The highest BCUT2D eigenvalue weighted by atomic mass is 28.4. The molecule has 0 saturated carbocycles. The van der Waals surface area contributed by atoms with Crippen molar-refractivity contribution in [1.29, 1.82) is 0 Å². The van der Waals surface area contributed by atoms with Gasteiger partial charge in [-0.1, -0.05) is 57.2 Å². The van der Waals surface area contributed by atoms with E-state index in [1.165, 1.54) is 34.7 Å². The maximum atomic E-state index is 11.7. The Morgan fingerprint density at radius 1 is 1.16 bits per heavy atom. The van der Waals surface area contributed by atoms with E-state index < -0.39 is 8.32 Å². The Labute approximate surface area is 229 Å². The number of allylic oxidation sites excluding steroid dienone is 1. The van der Waals surface area contributed by atoms with Crippen LogP contribution in [0, 0.1) is 0 Å². The summed E-state index contributed by atoms with van der Waals surface area (Å²) < 4.78 is 11.4. The molecular weight excluding hydrogens is 488 g/mol. The van der Waals surface area contributed by atoms with Crippen LogP contribution in [0.3, 0.4) is 0 Å². The van der Waals surface area contributed by atoms with Gasteiger partial charge in [-0.15, -0.1) is 0 Å². The van der Waals surface area contributed by atoms with Crippen molar-refractivity contribution < 1.29 is 14.0 Å². The summed E-state index contributed by atoms with van der Waals surface area (Å²) in [4.78, 5) is 17.8. The number of aryl methyl sites for hydroxylation is 1. The van der Waals surface area contributed by atoms with Crippen molar-refractivity contribution in [2.75, 3.05) is 26.8 Å². The molecule has 6 heteroatoms. The maximum Gasteiger partial charge on any atom is 0.330 e. The van der Waals surface area contributed by atoms with Crippen LogP contribution in [0.5, 0.6) is 0 Å². The quantitative estimate of drug-likeness (QED) is 0.169. The van der Waals surface area contributed by atoms with Crippen LogP contribution in [-0.2, 0) is 26.8 Å². The highest BCUT2D eigenvalue weighted by molar-refractivity contribution is 6.74. The molecule has 1 N–H and O–H groups in total. The summed E-state index contributed by atoms with van der Waals surface area (Å²) in [7, 11) is -0.392. The molecule has 1 unspecified atom stereocenters. The molecule has 4 rings (SSSR count). The summed E-state index contributed by atoms with van der Waals surface area (Å²) in [5.41, 5.74) is 7.37. The number of nitrogens with one attached hydrogen (secondary N) is 1. The number of esters is 1. The van der Waals surface area contributed by atoms with Gasteiger partial charge < -0.3 is 14.1 Å². The number of ether oxygens (including phenoxy) is 1. The van der Waals surface area contributed by atoms with Gasteiger partial charge in [0.2, 0.25) is 0 Å². The number of para-hydroxylation sites is 1. The molecule has 5 nitrogen and oxygen atoms in total. The average Bonchev–Trinajstić information content (AvgIpc) is 3.49. The fourth-order valence-corrected chi connectivity index (χ4v) is 6.23. The Bertz CT molecular complexity index is 1300. The van der Waals surface area contributed by atoms with E-state index in [-0.39, 0.29) is 11.0 Å². The molecule has 1 aromatic heterocycles. The van der Waals surface area contributed by atoms with E-state index in [1.807, 2.05) is 6.92 Å². The second-order valence-electron chi connectivity index (χ2n) is 12.1. The van der Waals surface area contributed by atoms with Gasteiger partial charge in [0.25, 0.3) is 0 Å². The Hall–Kier alpha value is -2.67. The van der Waals surface area contributed by atoms with Gasteiger partial charge in [0.1, 0.15) is 0 Å². The third-order valence-corrected chi connectivity index (χ3v) is 13.1. The van der Waals surface area contributed by atoms with E-state index >= 15 is 0 Å². The number of fused-ring (bicyclic) bond motifs is 2. The number of H-pyrrole nitrogens is 1. The Morgan fingerprint density at radius 3 is 2.66 bits per heavy atom. The van der Waals surface area contributed by atoms with E-state index in [0.29, 0.717) is 6.04 Å². The van der Waals surface area contributed by atoms with Gasteiger partial charge in [-0.2, -0.15) is 0 Å². The molecule has 38 heavy (non-hydrogen) atoms. The van der Waals surface area contributed by atoms with E-state index in [9.17, 15) is 4.79 Å². The minimum absolute atomic E-state index is 0.202. The number of carbonyl (C=O) groups is 1. The molecule has 204 valence electrons. The van der Waals surface area contributed by atoms with Gasteiger partial charge in [-0.05, 0) is 78.2 Å². The molecule has 1 heterocycles. The minimum Gasteiger partial charge on any atom is -0.466 e. The molecule has 0 fully saturated rings. The highest BCUT2D eigenvalue weighted by Gasteiger charge is 2.37. The Balaban J connectivity index is 1.54. The van der Waals surface area contributed by atoms with E-state index in [4.69, 9.17) is 9.16 Å². The van der Waals surface area contributed by atoms with Crippen molar-refractivity contribution >= 4 is 30.8 Å². The summed E-state index contributed by atoms with van der Waals surface area (Å²) in [6, 6.07) is 15.6. The van der Waals surface area contributed by atoms with Crippen LogP contribution >= 0.6 is 0 Å². The minimum atomic E-state index is -1.81. The van der Waals surface area contributed by atoms with Crippen molar-refractivity contribution in [1.82, 2.24) is 9.88 Å². The summed E-state index contributed by atoms with van der Waals surface area (Å²) in [5.74, 6) is -0.314. The van der Waals surface area contributed by atoms with Crippen molar-refractivity contribution in [3.63, 3.8) is 0 Å². The Morgan fingerprint density at radius 2 is 1.92 bits per heavy atom. The van der Waals surface area contributed by atoms with Gasteiger partial charge in [0.05, 0.1) is 7.11 Å². The SMILES string of the molecule is COC(=O)C=C(C)c1ccc2c(c1)CCC2N(CCO[Si](C)(C)C(C)(C)C)CCc1c[nH]c2ccccc12. The van der Waals surface area contributed by atoms with Crippen LogP contribution in [0.1, 0.15) is 62.4 Å². The number of hydrogen-bond acceptors (Lipinski definition) is 4. The van der Waals surface area contributed by atoms with Crippen LogP contribution in [-0.4, -0.2) is 51.0 Å². The highest BCUT2D eigenvalue weighted by Crippen LogP contribution is 2.39. The smallest absolute Gasteiger partial charge is 0.330 e. The first-order valence-electron chi connectivity index (χ1n) is 13.8. The third-order valence-electron chi connectivity index (χ3n) is 8.61. The number of aromatic nitrogens is 1. The summed E-state index contributed by atoms with van der Waals surface area (Å²) >= 11 is 0. The lowest BCUT2D eigenvalue weighted by atomic mass is 9.99. The number of hydrogen-bond donors (Lipinski definition) is 1. The molecule has 0 radical (unpaired) electrons. The van der Waals surface area contributed by atoms with Gasteiger partial charge in [0.15, 0.2) is 8.32 Å². The molecule has 1 aliphatic rings. The molecule has 0 saturated heterocycles. The lowest BCUT2D eigenvalue weighted by Gasteiger charge is -2.37. The third kappa shape index (κ3) is 6.30. The van der Waals surface area contributed by atoms with Gasteiger partial charge in [0, 0.05) is 48.9 Å². The number of carbonyl (C=O) groups excluding carboxylic acids is 1. The first kappa shape index (κ1) is 28.3. The zero-order valence-corrected chi connectivity index (χ0v) is 25.2. The molecule has 1 atom stereocenters. The summed E-state index contributed by atoms with van der Waals surface area (Å²) in [6.45, 7) is 16.2.